The average Bonchev–Trinajstić information content (AvgIpc) is 2.16. The van der Waals surface area contributed by atoms with Crippen LogP contribution in [0.2, 0.25) is 0 Å². The Morgan fingerprint density at radius 3 is 2.25 bits per heavy atom. The van der Waals surface area contributed by atoms with E-state index in [9.17, 15) is 13.2 Å². The number of allylic oxidation sites excluding steroid dienone is 6. The van der Waals surface area contributed by atoms with Gasteiger partial charge in [0.25, 0.3) is 0 Å². The van der Waals surface area contributed by atoms with Gasteiger partial charge < -0.3 is 0 Å². The molecule has 4 heteroatoms. The zero-order chi connectivity index (χ0) is 12.8. The number of alkyl halides is 3. The van der Waals surface area contributed by atoms with Crippen molar-refractivity contribution in [2.45, 2.75) is 39.8 Å². The molecule has 0 amide bonds. The highest BCUT2D eigenvalue weighted by Gasteiger charge is 2.34. The summed E-state index contributed by atoms with van der Waals surface area (Å²) in [5.74, 6) is 0. The molecular weight excluding hydrogens is 237 g/mol. The monoisotopic (exact) mass is 252 g/mol. The summed E-state index contributed by atoms with van der Waals surface area (Å²) in [4.78, 5) is 0. The first kappa shape index (κ1) is 15.3. The van der Waals surface area contributed by atoms with E-state index < -0.39 is 11.7 Å². The minimum atomic E-state index is -4.35. The summed E-state index contributed by atoms with van der Waals surface area (Å²) in [5.41, 5.74) is -0.623. The van der Waals surface area contributed by atoms with Crippen LogP contribution in [0.1, 0.15) is 33.6 Å². The molecule has 0 heterocycles. The van der Waals surface area contributed by atoms with Gasteiger partial charge in [0.2, 0.25) is 0 Å². The van der Waals surface area contributed by atoms with Gasteiger partial charge in [-0.25, -0.2) is 0 Å². The fourth-order valence-corrected chi connectivity index (χ4v) is 1.39. The quantitative estimate of drug-likeness (QED) is 0.591. The molecule has 0 spiro atoms. The lowest BCUT2D eigenvalue weighted by atomic mass is 10.1. The molecule has 0 aromatic rings. The van der Waals surface area contributed by atoms with E-state index in [1.807, 2.05) is 6.92 Å². The molecule has 0 aliphatic heterocycles. The van der Waals surface area contributed by atoms with E-state index in [1.165, 1.54) is 19.9 Å². The molecule has 0 bridgehead atoms. The number of hydrogen-bond donors (Lipinski definition) is 0. The van der Waals surface area contributed by atoms with E-state index in [4.69, 9.17) is 11.6 Å². The predicted molar refractivity (Wildman–Crippen MR) is 62.4 cm³/mol. The standard InChI is InChI=1S/C12H16ClF3/c1-4-6-7-8-11(13)9(3)10(5-2)12(14,15)16/h5,7-8H,4,6H2,1-3H3/b8-7+,10-5+,11-9+. The summed E-state index contributed by atoms with van der Waals surface area (Å²) in [7, 11) is 0. The third-order valence-corrected chi connectivity index (χ3v) is 2.49. The molecule has 16 heavy (non-hydrogen) atoms. The Kier molecular flexibility index (Phi) is 6.49. The molecule has 0 saturated heterocycles. The molecule has 0 radical (unpaired) electrons. The first-order chi connectivity index (χ1) is 7.34. The van der Waals surface area contributed by atoms with Crippen molar-refractivity contribution in [3.63, 3.8) is 0 Å². The molecule has 0 unspecified atom stereocenters. The normalized spacial score (nSPS) is 15.6. The van der Waals surface area contributed by atoms with Crippen molar-refractivity contribution in [2.24, 2.45) is 0 Å². The predicted octanol–water partition coefficient (Wildman–Crippen LogP) is 5.36. The van der Waals surface area contributed by atoms with Gasteiger partial charge in [0.05, 0.1) is 5.57 Å². The highest BCUT2D eigenvalue weighted by atomic mass is 35.5. The van der Waals surface area contributed by atoms with Gasteiger partial charge >= 0.3 is 6.18 Å². The number of unbranched alkanes of at least 4 members (excludes halogenated alkanes) is 1. The van der Waals surface area contributed by atoms with E-state index in [-0.39, 0.29) is 10.6 Å². The number of halogens is 4. The van der Waals surface area contributed by atoms with Crippen LogP contribution in [0.4, 0.5) is 13.2 Å². The van der Waals surface area contributed by atoms with Crippen LogP contribution in [0.25, 0.3) is 0 Å². The van der Waals surface area contributed by atoms with Gasteiger partial charge in [0, 0.05) is 5.03 Å². The van der Waals surface area contributed by atoms with E-state index >= 15 is 0 Å². The summed E-state index contributed by atoms with van der Waals surface area (Å²) in [6, 6.07) is 0. The second kappa shape index (κ2) is 6.79. The molecule has 0 nitrogen and oxygen atoms in total. The lowest BCUT2D eigenvalue weighted by Crippen LogP contribution is -2.13. The summed E-state index contributed by atoms with van der Waals surface area (Å²) in [5, 5.41) is 0.138. The molecule has 0 atom stereocenters. The van der Waals surface area contributed by atoms with Crippen LogP contribution >= 0.6 is 11.6 Å². The van der Waals surface area contributed by atoms with Crippen molar-refractivity contribution in [1.82, 2.24) is 0 Å². The average molecular weight is 253 g/mol. The van der Waals surface area contributed by atoms with Gasteiger partial charge in [0.15, 0.2) is 0 Å². The maximum absolute atomic E-state index is 12.5. The van der Waals surface area contributed by atoms with Crippen molar-refractivity contribution >= 4 is 11.6 Å². The molecule has 0 aromatic heterocycles. The van der Waals surface area contributed by atoms with E-state index in [1.54, 1.807) is 6.08 Å². The largest absolute Gasteiger partial charge is 0.416 e. The van der Waals surface area contributed by atoms with Gasteiger partial charge in [-0.2, -0.15) is 13.2 Å². The Hall–Kier alpha value is -0.700. The van der Waals surface area contributed by atoms with E-state index in [2.05, 4.69) is 0 Å². The first-order valence-corrected chi connectivity index (χ1v) is 5.49. The van der Waals surface area contributed by atoms with Crippen LogP contribution in [-0.4, -0.2) is 6.18 Å². The van der Waals surface area contributed by atoms with Crippen molar-refractivity contribution in [2.75, 3.05) is 0 Å². The fourth-order valence-electron chi connectivity index (χ4n) is 1.20. The summed E-state index contributed by atoms with van der Waals surface area (Å²) in [6.07, 6.45) is 1.73. The topological polar surface area (TPSA) is 0 Å². The third kappa shape index (κ3) is 4.88. The van der Waals surface area contributed by atoms with Crippen molar-refractivity contribution < 1.29 is 13.2 Å². The van der Waals surface area contributed by atoms with Crippen LogP contribution in [0.5, 0.6) is 0 Å². The van der Waals surface area contributed by atoms with Gasteiger partial charge in [-0.15, -0.1) is 0 Å². The summed E-state index contributed by atoms with van der Waals surface area (Å²) >= 11 is 5.80. The molecule has 0 fully saturated rings. The Labute approximate surface area is 99.5 Å². The Balaban J connectivity index is 5.00. The van der Waals surface area contributed by atoms with E-state index in [0.717, 1.165) is 18.9 Å². The second-order valence-corrected chi connectivity index (χ2v) is 3.77. The third-order valence-electron chi connectivity index (χ3n) is 2.08. The molecule has 0 saturated carbocycles. The highest BCUT2D eigenvalue weighted by molar-refractivity contribution is 6.31. The van der Waals surface area contributed by atoms with Crippen LogP contribution in [-0.2, 0) is 0 Å². The van der Waals surface area contributed by atoms with E-state index in [0.29, 0.717) is 0 Å². The molecular formula is C12H16ClF3. The van der Waals surface area contributed by atoms with Crippen molar-refractivity contribution in [1.29, 1.82) is 0 Å². The lowest BCUT2D eigenvalue weighted by Gasteiger charge is -2.12. The Bertz CT molecular complexity index is 309. The van der Waals surface area contributed by atoms with Gasteiger partial charge in [0.1, 0.15) is 0 Å². The van der Waals surface area contributed by atoms with Crippen molar-refractivity contribution in [3.05, 3.63) is 34.4 Å². The SMILES string of the molecule is C\C=C(/C(C)=C(Cl)\C=C\CCC)C(F)(F)F. The number of hydrogen-bond acceptors (Lipinski definition) is 0. The van der Waals surface area contributed by atoms with Gasteiger partial charge in [-0.1, -0.05) is 37.1 Å². The minimum absolute atomic E-state index is 0.0593. The Morgan fingerprint density at radius 1 is 1.31 bits per heavy atom. The van der Waals surface area contributed by atoms with Crippen LogP contribution in [0.15, 0.2) is 34.4 Å². The maximum atomic E-state index is 12.5. The molecule has 0 aliphatic rings. The molecule has 0 N–H and O–H groups in total. The molecule has 0 rings (SSSR count). The molecule has 92 valence electrons. The maximum Gasteiger partial charge on any atom is 0.416 e. The number of rotatable bonds is 4. The molecule has 0 aliphatic carbocycles. The minimum Gasteiger partial charge on any atom is -0.166 e. The first-order valence-electron chi connectivity index (χ1n) is 5.11. The summed E-state index contributed by atoms with van der Waals surface area (Å²) in [6.45, 7) is 4.72. The van der Waals surface area contributed by atoms with Gasteiger partial charge in [-0.05, 0) is 31.9 Å². The zero-order valence-electron chi connectivity index (χ0n) is 9.66. The van der Waals surface area contributed by atoms with Gasteiger partial charge in [-0.3, -0.25) is 0 Å². The van der Waals surface area contributed by atoms with Crippen LogP contribution in [0.3, 0.4) is 0 Å². The van der Waals surface area contributed by atoms with Crippen LogP contribution in [0, 0.1) is 0 Å². The molecule has 0 aromatic carbocycles. The summed E-state index contributed by atoms with van der Waals surface area (Å²) < 4.78 is 37.6. The Morgan fingerprint density at radius 2 is 1.88 bits per heavy atom. The second-order valence-electron chi connectivity index (χ2n) is 3.36. The van der Waals surface area contributed by atoms with Crippen LogP contribution < -0.4 is 0 Å². The zero-order valence-corrected chi connectivity index (χ0v) is 10.4. The van der Waals surface area contributed by atoms with Crippen molar-refractivity contribution in [3.8, 4) is 0 Å². The smallest absolute Gasteiger partial charge is 0.166 e. The lowest BCUT2D eigenvalue weighted by molar-refractivity contribution is -0.0894. The highest BCUT2D eigenvalue weighted by Crippen LogP contribution is 2.33. The fraction of sp³-hybridized carbons (Fsp3) is 0.500.